The number of aromatic nitrogens is 2. The van der Waals surface area contributed by atoms with Crippen molar-refractivity contribution >= 4 is 40.1 Å². The van der Waals surface area contributed by atoms with Crippen molar-refractivity contribution in [3.8, 4) is 11.3 Å². The number of carbonyl (C=O) groups is 1. The molecule has 0 amide bonds. The fourth-order valence-electron chi connectivity index (χ4n) is 3.60. The third-order valence-electron chi connectivity index (χ3n) is 5.36. The molecule has 2 heterocycles. The van der Waals surface area contributed by atoms with Crippen molar-refractivity contribution in [3.63, 3.8) is 0 Å². The van der Waals surface area contributed by atoms with Gasteiger partial charge in [-0.15, -0.1) is 0 Å². The number of benzene rings is 2. The topological polar surface area (TPSA) is 48.8 Å². The Hall–Kier alpha value is -3.48. The third-order valence-corrected chi connectivity index (χ3v) is 5.36. The van der Waals surface area contributed by atoms with Crippen LogP contribution in [0, 0.1) is 0 Å². The summed E-state index contributed by atoms with van der Waals surface area (Å²) in [6.07, 6.45) is -4.46. The summed E-state index contributed by atoms with van der Waals surface area (Å²) in [5, 5.41) is 0.784. The average molecular weight is 424 g/mol. The first-order chi connectivity index (χ1) is 14.6. The van der Waals surface area contributed by atoms with Crippen molar-refractivity contribution in [2.45, 2.75) is 33.0 Å². The minimum Gasteiger partial charge on any atom is -0.352 e. The Morgan fingerprint density at radius 2 is 1.87 bits per heavy atom. The first-order valence-corrected chi connectivity index (χ1v) is 9.81. The van der Waals surface area contributed by atoms with Gasteiger partial charge in [-0.05, 0) is 45.0 Å². The molecule has 0 aliphatic carbocycles. The number of hydrogen-bond acceptors (Lipinski definition) is 2. The second kappa shape index (κ2) is 7.34. The lowest BCUT2D eigenvalue weighted by Gasteiger charge is -2.09. The van der Waals surface area contributed by atoms with E-state index in [0.717, 1.165) is 28.7 Å². The Kier molecular flexibility index (Phi) is 4.92. The fraction of sp³-hybridized carbons (Fsp3) is 0.208. The van der Waals surface area contributed by atoms with Crippen LogP contribution in [0.5, 0.6) is 0 Å². The summed E-state index contributed by atoms with van der Waals surface area (Å²) >= 11 is 0. The normalized spacial score (nSPS) is 12.1. The van der Waals surface area contributed by atoms with Gasteiger partial charge in [0.05, 0.1) is 27.8 Å². The molecule has 0 unspecified atom stereocenters. The number of H-pyrrole nitrogens is 1. The second-order valence-corrected chi connectivity index (χ2v) is 7.83. The number of ketones is 1. The first kappa shape index (κ1) is 20.8. The van der Waals surface area contributed by atoms with Crippen LogP contribution in [0.25, 0.3) is 33.2 Å². The number of Topliss-reactive ketones (excluding diaryl/α,β-unsaturated/α-hetero) is 1. The summed E-state index contributed by atoms with van der Waals surface area (Å²) in [6.45, 7) is 9.54. The standard InChI is InChI=1S/C24H20F3N3O/c1-13(2)30(4)17-8-9-18-21(11-17)29-23-19(14(3)31)12-20(28-22(18)23)15-6-5-7-16(10-15)24(25,26)27/h5-13H,4H2,1-3H3/p+1. The van der Waals surface area contributed by atoms with Gasteiger partial charge in [-0.1, -0.05) is 12.1 Å². The molecule has 0 bridgehead atoms. The Morgan fingerprint density at radius 1 is 1.13 bits per heavy atom. The number of pyridine rings is 1. The number of nitrogens with one attached hydrogen (secondary N) is 1. The van der Waals surface area contributed by atoms with Gasteiger partial charge >= 0.3 is 6.18 Å². The van der Waals surface area contributed by atoms with Crippen molar-refractivity contribution in [3.05, 3.63) is 59.7 Å². The molecule has 4 nitrogen and oxygen atoms in total. The Labute approximate surface area is 177 Å². The monoisotopic (exact) mass is 424 g/mol. The zero-order valence-corrected chi connectivity index (χ0v) is 17.3. The van der Waals surface area contributed by atoms with Crippen molar-refractivity contribution in [1.29, 1.82) is 0 Å². The van der Waals surface area contributed by atoms with Crippen molar-refractivity contribution in [2.75, 3.05) is 0 Å². The molecule has 31 heavy (non-hydrogen) atoms. The van der Waals surface area contributed by atoms with Crippen LogP contribution >= 0.6 is 0 Å². The van der Waals surface area contributed by atoms with Gasteiger partial charge in [-0.3, -0.25) is 4.79 Å². The van der Waals surface area contributed by atoms with Crippen LogP contribution in [0.1, 0.15) is 36.7 Å². The number of halogens is 3. The fourth-order valence-corrected chi connectivity index (χ4v) is 3.60. The molecular weight excluding hydrogens is 403 g/mol. The summed E-state index contributed by atoms with van der Waals surface area (Å²) in [5.41, 5.74) is 3.02. The van der Waals surface area contributed by atoms with E-state index >= 15 is 0 Å². The molecule has 158 valence electrons. The molecule has 0 atom stereocenters. The van der Waals surface area contributed by atoms with E-state index < -0.39 is 11.7 Å². The van der Waals surface area contributed by atoms with Crippen molar-refractivity contribution < 1.29 is 22.5 Å². The van der Waals surface area contributed by atoms with Gasteiger partial charge in [-0.2, -0.15) is 13.2 Å². The summed E-state index contributed by atoms with van der Waals surface area (Å²) in [7, 11) is 0. The van der Waals surface area contributed by atoms with Crippen LogP contribution in [0.4, 0.5) is 18.9 Å². The molecule has 2 aromatic carbocycles. The minimum absolute atomic E-state index is 0.195. The Morgan fingerprint density at radius 3 is 2.52 bits per heavy atom. The second-order valence-electron chi connectivity index (χ2n) is 7.83. The lowest BCUT2D eigenvalue weighted by atomic mass is 10.0. The van der Waals surface area contributed by atoms with Crippen LogP contribution in [0.2, 0.25) is 0 Å². The van der Waals surface area contributed by atoms with E-state index in [2.05, 4.69) is 16.7 Å². The first-order valence-electron chi connectivity index (χ1n) is 9.81. The molecule has 7 heteroatoms. The maximum atomic E-state index is 13.2. The molecule has 0 radical (unpaired) electrons. The summed E-state index contributed by atoms with van der Waals surface area (Å²) in [5.74, 6) is -0.201. The average Bonchev–Trinajstić information content (AvgIpc) is 3.09. The molecule has 2 aromatic heterocycles. The maximum Gasteiger partial charge on any atom is 0.416 e. The van der Waals surface area contributed by atoms with E-state index in [0.29, 0.717) is 27.9 Å². The zero-order valence-electron chi connectivity index (χ0n) is 17.3. The number of alkyl halides is 3. The molecule has 0 saturated carbocycles. The van der Waals surface area contributed by atoms with Crippen LogP contribution in [-0.4, -0.2) is 33.1 Å². The molecule has 4 aromatic rings. The van der Waals surface area contributed by atoms with Gasteiger partial charge in [0.25, 0.3) is 0 Å². The summed E-state index contributed by atoms with van der Waals surface area (Å²) in [6, 6.07) is 12.4. The molecule has 0 aliphatic heterocycles. The number of carbonyl (C=O) groups excluding carboxylic acids is 1. The number of fused-ring (bicyclic) bond motifs is 3. The highest BCUT2D eigenvalue weighted by molar-refractivity contribution is 6.14. The van der Waals surface area contributed by atoms with Crippen LogP contribution in [-0.2, 0) is 6.18 Å². The highest BCUT2D eigenvalue weighted by Crippen LogP contribution is 2.35. The van der Waals surface area contributed by atoms with Gasteiger partial charge in [0.1, 0.15) is 6.72 Å². The third kappa shape index (κ3) is 3.71. The molecular formula is C24H21F3N3O+. The van der Waals surface area contributed by atoms with E-state index in [1.165, 1.54) is 19.1 Å². The van der Waals surface area contributed by atoms with Gasteiger partial charge in [0, 0.05) is 28.6 Å². The molecule has 0 aliphatic rings. The van der Waals surface area contributed by atoms with E-state index in [9.17, 15) is 18.0 Å². The molecule has 0 fully saturated rings. The number of aromatic amines is 1. The summed E-state index contributed by atoms with van der Waals surface area (Å²) in [4.78, 5) is 20.3. The van der Waals surface area contributed by atoms with Gasteiger partial charge in [-0.25, -0.2) is 9.56 Å². The zero-order chi connectivity index (χ0) is 22.5. The number of nitrogens with zero attached hydrogens (tertiary/aromatic N) is 2. The molecule has 0 saturated heterocycles. The lowest BCUT2D eigenvalue weighted by Crippen LogP contribution is -2.12. The Bertz CT molecular complexity index is 1350. The number of hydrogen-bond donors (Lipinski definition) is 1. The highest BCUT2D eigenvalue weighted by atomic mass is 19.4. The van der Waals surface area contributed by atoms with E-state index in [-0.39, 0.29) is 11.8 Å². The largest absolute Gasteiger partial charge is 0.416 e. The van der Waals surface area contributed by atoms with Gasteiger partial charge in [0.2, 0.25) is 5.69 Å². The van der Waals surface area contributed by atoms with Crippen LogP contribution in [0.15, 0.2) is 48.5 Å². The van der Waals surface area contributed by atoms with Crippen molar-refractivity contribution in [2.24, 2.45) is 0 Å². The molecule has 0 spiro atoms. The summed E-state index contributed by atoms with van der Waals surface area (Å²) < 4.78 is 41.4. The van der Waals surface area contributed by atoms with Crippen molar-refractivity contribution in [1.82, 2.24) is 9.97 Å². The predicted molar refractivity (Wildman–Crippen MR) is 116 cm³/mol. The van der Waals surface area contributed by atoms with Crippen LogP contribution in [0.3, 0.4) is 0 Å². The van der Waals surface area contributed by atoms with Gasteiger partial charge in [0.15, 0.2) is 11.8 Å². The van der Waals surface area contributed by atoms with Gasteiger partial charge < -0.3 is 4.98 Å². The van der Waals surface area contributed by atoms with E-state index in [1.807, 2.05) is 36.6 Å². The predicted octanol–water partition coefficient (Wildman–Crippen LogP) is 6.36. The highest BCUT2D eigenvalue weighted by Gasteiger charge is 2.30. The molecule has 4 rings (SSSR count). The SMILES string of the molecule is C=[N+](c1ccc2c(c1)[nH]c1c(C(C)=O)cc(-c3cccc(C(F)(F)F)c3)nc12)C(C)C. The maximum absolute atomic E-state index is 13.2. The number of rotatable bonds is 4. The van der Waals surface area contributed by atoms with E-state index in [1.54, 1.807) is 6.07 Å². The minimum atomic E-state index is -4.46. The smallest absolute Gasteiger partial charge is 0.352 e. The van der Waals surface area contributed by atoms with E-state index in [4.69, 9.17) is 0 Å². The van der Waals surface area contributed by atoms with Crippen LogP contribution < -0.4 is 0 Å². The lowest BCUT2D eigenvalue weighted by molar-refractivity contribution is -0.466. The quantitative estimate of drug-likeness (QED) is 0.235. The Balaban J connectivity index is 1.96. The molecule has 1 N–H and O–H groups in total.